The van der Waals surface area contributed by atoms with Crippen LogP contribution in [-0.4, -0.2) is 35.0 Å². The lowest BCUT2D eigenvalue weighted by molar-refractivity contribution is 0.465. The minimum absolute atomic E-state index is 0.0991. The van der Waals surface area contributed by atoms with Crippen LogP contribution >= 0.6 is 0 Å². The summed E-state index contributed by atoms with van der Waals surface area (Å²) in [5, 5.41) is 18.7. The predicted molar refractivity (Wildman–Crippen MR) is 123 cm³/mol. The first-order chi connectivity index (χ1) is 15.6. The fraction of sp³-hybridized carbons (Fsp3) is 0.292. The largest absolute Gasteiger partial charge is 0.346 e. The Bertz CT molecular complexity index is 1280. The van der Waals surface area contributed by atoms with Crippen LogP contribution in [-0.2, 0) is 19.5 Å². The van der Waals surface area contributed by atoms with E-state index < -0.39 is 0 Å². The van der Waals surface area contributed by atoms with Crippen molar-refractivity contribution in [3.8, 4) is 34.9 Å². The molecule has 0 unspecified atom stereocenters. The number of aromatic amines is 1. The van der Waals surface area contributed by atoms with E-state index in [2.05, 4.69) is 45.5 Å². The molecule has 4 rings (SSSR count). The third-order valence-electron chi connectivity index (χ3n) is 5.16. The highest BCUT2D eigenvalue weighted by molar-refractivity contribution is 5.80. The molecule has 0 saturated carbocycles. The number of hydrogen-bond acceptors (Lipinski definition) is 5. The number of tetrazole rings is 1. The van der Waals surface area contributed by atoms with Gasteiger partial charge in [0, 0.05) is 24.9 Å². The number of terminal acetylenes is 1. The van der Waals surface area contributed by atoms with Gasteiger partial charge in [-0.25, -0.2) is 14.6 Å². The molecule has 0 fully saturated rings. The lowest BCUT2D eigenvalue weighted by Crippen LogP contribution is -2.27. The molecule has 0 saturated heterocycles. The Morgan fingerprint density at radius 1 is 1.09 bits per heavy atom. The SMILES string of the molecule is C#CCCc1nn(CC(C)C)c(=O)n1Cc1ccc(-c2ccccc2-c2nnn[nH]2)cc1. The average molecular weight is 428 g/mol. The maximum absolute atomic E-state index is 12.9. The average Bonchev–Trinajstić information content (AvgIpc) is 3.43. The van der Waals surface area contributed by atoms with Crippen molar-refractivity contribution in [3.05, 3.63) is 70.4 Å². The van der Waals surface area contributed by atoms with E-state index in [0.717, 1.165) is 28.1 Å². The summed E-state index contributed by atoms with van der Waals surface area (Å²) < 4.78 is 3.27. The third kappa shape index (κ3) is 4.52. The van der Waals surface area contributed by atoms with E-state index in [1.807, 2.05) is 48.5 Å². The van der Waals surface area contributed by atoms with Crippen LogP contribution < -0.4 is 5.69 Å². The van der Waals surface area contributed by atoms with Gasteiger partial charge < -0.3 is 0 Å². The van der Waals surface area contributed by atoms with Gasteiger partial charge in [0.15, 0.2) is 5.82 Å². The number of benzene rings is 2. The van der Waals surface area contributed by atoms with Crippen molar-refractivity contribution < 1.29 is 0 Å². The van der Waals surface area contributed by atoms with Gasteiger partial charge in [0.2, 0.25) is 0 Å². The van der Waals surface area contributed by atoms with E-state index in [4.69, 9.17) is 6.42 Å². The van der Waals surface area contributed by atoms with Gasteiger partial charge in [0.05, 0.1) is 6.54 Å². The van der Waals surface area contributed by atoms with Gasteiger partial charge >= 0.3 is 5.69 Å². The standard InChI is InChI=1S/C24H25N7O/c1-4-5-10-22-27-31(15-17(2)3)24(32)30(22)16-18-11-13-19(14-12-18)20-8-6-7-9-21(20)23-25-28-29-26-23/h1,6-9,11-14,17H,5,10,15-16H2,2-3H3,(H,25,26,28,29). The summed E-state index contributed by atoms with van der Waals surface area (Å²) in [6.07, 6.45) is 6.56. The number of hydrogen-bond donors (Lipinski definition) is 1. The van der Waals surface area contributed by atoms with Gasteiger partial charge in [-0.15, -0.1) is 17.4 Å². The van der Waals surface area contributed by atoms with Crippen molar-refractivity contribution in [2.45, 2.75) is 39.8 Å². The summed E-state index contributed by atoms with van der Waals surface area (Å²) in [7, 11) is 0. The monoisotopic (exact) mass is 427 g/mol. The second kappa shape index (κ2) is 9.43. The topological polar surface area (TPSA) is 94.3 Å². The number of rotatable bonds is 8. The van der Waals surface area contributed by atoms with Crippen molar-refractivity contribution >= 4 is 0 Å². The minimum atomic E-state index is -0.0991. The molecular weight excluding hydrogens is 402 g/mol. The van der Waals surface area contributed by atoms with Crippen LogP contribution in [0.1, 0.15) is 31.7 Å². The molecule has 1 N–H and O–H groups in total. The number of aromatic nitrogens is 7. The molecule has 8 heteroatoms. The molecule has 0 amide bonds. The van der Waals surface area contributed by atoms with Crippen LogP contribution in [0.4, 0.5) is 0 Å². The summed E-state index contributed by atoms with van der Waals surface area (Å²) in [5.41, 5.74) is 3.90. The molecule has 2 aromatic heterocycles. The quantitative estimate of drug-likeness (QED) is 0.436. The summed E-state index contributed by atoms with van der Waals surface area (Å²) in [6, 6.07) is 16.1. The molecule has 0 aliphatic rings. The van der Waals surface area contributed by atoms with Gasteiger partial charge in [-0.1, -0.05) is 62.4 Å². The van der Waals surface area contributed by atoms with Crippen molar-refractivity contribution in [2.24, 2.45) is 5.92 Å². The molecule has 162 valence electrons. The predicted octanol–water partition coefficient (Wildman–Crippen LogP) is 3.16. The molecule has 0 aliphatic carbocycles. The smallest absolute Gasteiger partial charge is 0.274 e. The Hall–Kier alpha value is -3.99. The van der Waals surface area contributed by atoms with E-state index in [1.165, 1.54) is 0 Å². The highest BCUT2D eigenvalue weighted by Crippen LogP contribution is 2.29. The number of nitrogens with zero attached hydrogens (tertiary/aromatic N) is 6. The second-order valence-corrected chi connectivity index (χ2v) is 8.06. The van der Waals surface area contributed by atoms with Crippen LogP contribution in [0.2, 0.25) is 0 Å². The summed E-state index contributed by atoms with van der Waals surface area (Å²) in [4.78, 5) is 12.9. The van der Waals surface area contributed by atoms with E-state index in [9.17, 15) is 4.79 Å². The molecule has 0 atom stereocenters. The molecule has 0 radical (unpaired) electrons. The Morgan fingerprint density at radius 2 is 1.84 bits per heavy atom. The summed E-state index contributed by atoms with van der Waals surface area (Å²) >= 11 is 0. The van der Waals surface area contributed by atoms with E-state index >= 15 is 0 Å². The molecule has 0 bridgehead atoms. The zero-order valence-electron chi connectivity index (χ0n) is 18.2. The highest BCUT2D eigenvalue weighted by Gasteiger charge is 2.15. The van der Waals surface area contributed by atoms with Gasteiger partial charge in [-0.2, -0.15) is 5.10 Å². The lowest BCUT2D eigenvalue weighted by Gasteiger charge is -2.09. The summed E-state index contributed by atoms with van der Waals surface area (Å²) in [5.74, 6) is 4.31. The zero-order chi connectivity index (χ0) is 22.5. The number of H-pyrrole nitrogens is 1. The molecule has 0 aliphatic heterocycles. The fourth-order valence-electron chi connectivity index (χ4n) is 3.67. The van der Waals surface area contributed by atoms with Crippen LogP contribution in [0.5, 0.6) is 0 Å². The number of nitrogens with one attached hydrogen (secondary N) is 1. The Labute approximate surface area is 186 Å². The van der Waals surface area contributed by atoms with Gasteiger partial charge in [-0.3, -0.25) is 4.57 Å². The first-order valence-electron chi connectivity index (χ1n) is 10.6. The van der Waals surface area contributed by atoms with Gasteiger partial charge in [0.1, 0.15) is 5.82 Å². The molecule has 32 heavy (non-hydrogen) atoms. The lowest BCUT2D eigenvalue weighted by atomic mass is 9.98. The minimum Gasteiger partial charge on any atom is -0.274 e. The van der Waals surface area contributed by atoms with E-state index in [1.54, 1.807) is 9.25 Å². The highest BCUT2D eigenvalue weighted by atomic mass is 16.2. The van der Waals surface area contributed by atoms with Crippen molar-refractivity contribution in [2.75, 3.05) is 0 Å². The Balaban J connectivity index is 1.62. The Kier molecular flexibility index (Phi) is 6.26. The molecule has 2 heterocycles. The van der Waals surface area contributed by atoms with Crippen LogP contribution in [0.15, 0.2) is 53.3 Å². The first kappa shape index (κ1) is 21.2. The van der Waals surface area contributed by atoms with Crippen molar-refractivity contribution in [3.63, 3.8) is 0 Å². The Morgan fingerprint density at radius 3 is 2.50 bits per heavy atom. The van der Waals surface area contributed by atoms with Crippen molar-refractivity contribution in [1.82, 2.24) is 35.0 Å². The number of aryl methyl sites for hydroxylation is 1. The molecule has 4 aromatic rings. The maximum Gasteiger partial charge on any atom is 0.346 e. The molecular formula is C24H25N7O. The normalized spacial score (nSPS) is 11.1. The molecule has 2 aromatic carbocycles. The van der Waals surface area contributed by atoms with Gasteiger partial charge in [0.25, 0.3) is 0 Å². The maximum atomic E-state index is 12.9. The second-order valence-electron chi connectivity index (χ2n) is 8.06. The fourth-order valence-corrected chi connectivity index (χ4v) is 3.67. The van der Waals surface area contributed by atoms with Gasteiger partial charge in [-0.05, 0) is 33.0 Å². The van der Waals surface area contributed by atoms with Crippen molar-refractivity contribution in [1.29, 1.82) is 0 Å². The first-order valence-corrected chi connectivity index (χ1v) is 10.6. The van der Waals surface area contributed by atoms with Crippen LogP contribution in [0, 0.1) is 18.3 Å². The zero-order valence-corrected chi connectivity index (χ0v) is 18.2. The van der Waals surface area contributed by atoms with Crippen LogP contribution in [0.25, 0.3) is 22.5 Å². The van der Waals surface area contributed by atoms with E-state index in [-0.39, 0.29) is 5.69 Å². The molecule has 0 spiro atoms. The summed E-state index contributed by atoms with van der Waals surface area (Å²) in [6.45, 7) is 5.17. The molecule has 8 nitrogen and oxygen atoms in total. The third-order valence-corrected chi connectivity index (χ3v) is 5.16. The van der Waals surface area contributed by atoms with Crippen LogP contribution in [0.3, 0.4) is 0 Å². The van der Waals surface area contributed by atoms with E-state index in [0.29, 0.717) is 37.7 Å².